The smallest absolute Gasteiger partial charge is 0.475 e. The summed E-state index contributed by atoms with van der Waals surface area (Å²) < 4.78 is 32.7. The molecule has 3 heterocycles. The van der Waals surface area contributed by atoms with E-state index in [4.69, 9.17) is 15.6 Å². The lowest BCUT2D eigenvalue weighted by Crippen LogP contribution is -2.50. The van der Waals surface area contributed by atoms with Gasteiger partial charge in [0.1, 0.15) is 0 Å². The summed E-state index contributed by atoms with van der Waals surface area (Å²) in [5.74, 6) is -2.74. The number of carboxylic acid groups (broad SMARTS) is 1. The second kappa shape index (κ2) is 9.53. The van der Waals surface area contributed by atoms with Crippen molar-refractivity contribution in [2.75, 3.05) is 31.9 Å². The topological polar surface area (TPSA) is 117 Å². The average Bonchev–Trinajstić information content (AvgIpc) is 3.41. The second-order valence-corrected chi connectivity index (χ2v) is 8.61. The van der Waals surface area contributed by atoms with Crippen LogP contribution in [0.2, 0.25) is 0 Å². The first-order chi connectivity index (χ1) is 15.1. The number of aromatic nitrogens is 1. The van der Waals surface area contributed by atoms with Crippen LogP contribution in [-0.2, 0) is 4.79 Å². The summed E-state index contributed by atoms with van der Waals surface area (Å²) in [5, 5.41) is 9.52. The molecule has 0 spiro atoms. The molecule has 3 N–H and O–H groups in total. The summed E-state index contributed by atoms with van der Waals surface area (Å²) >= 11 is 2.85. The number of thiophene rings is 1. The third kappa shape index (κ3) is 5.53. The normalized spacial score (nSPS) is 14.1. The SMILES string of the molecule is Nc1nc2cc(C(=O)N3CCN(C(=O)c4cccs4)CC3)ccc2s1.O=C(O)C(F)(F)F. The molecule has 1 fully saturated rings. The first-order valence-electron chi connectivity index (χ1n) is 9.14. The van der Waals surface area contributed by atoms with E-state index in [0.29, 0.717) is 36.9 Å². The maximum Gasteiger partial charge on any atom is 0.490 e. The number of nitrogens with two attached hydrogens (primary N) is 1. The monoisotopic (exact) mass is 486 g/mol. The molecule has 8 nitrogen and oxygen atoms in total. The molecule has 0 saturated carbocycles. The summed E-state index contributed by atoms with van der Waals surface area (Å²) in [7, 11) is 0. The fourth-order valence-corrected chi connectivity index (χ4v) is 4.33. The van der Waals surface area contributed by atoms with E-state index in [2.05, 4.69) is 4.98 Å². The molecule has 170 valence electrons. The van der Waals surface area contributed by atoms with Gasteiger partial charge < -0.3 is 20.6 Å². The van der Waals surface area contributed by atoms with Crippen LogP contribution < -0.4 is 5.73 Å². The Morgan fingerprint density at radius 1 is 1.03 bits per heavy atom. The van der Waals surface area contributed by atoms with Crippen molar-refractivity contribution in [3.8, 4) is 0 Å². The third-order valence-corrected chi connectivity index (χ3v) is 6.20. The van der Waals surface area contributed by atoms with Crippen molar-refractivity contribution >= 4 is 55.8 Å². The molecule has 3 aromatic rings. The van der Waals surface area contributed by atoms with Gasteiger partial charge in [-0.05, 0) is 29.6 Å². The summed E-state index contributed by atoms with van der Waals surface area (Å²) in [6.45, 7) is 2.17. The molecule has 1 aliphatic rings. The molecule has 1 aromatic carbocycles. The van der Waals surface area contributed by atoms with E-state index >= 15 is 0 Å². The molecule has 0 aliphatic carbocycles. The van der Waals surface area contributed by atoms with Crippen molar-refractivity contribution < 1.29 is 32.7 Å². The van der Waals surface area contributed by atoms with Gasteiger partial charge in [0, 0.05) is 31.7 Å². The summed E-state index contributed by atoms with van der Waals surface area (Å²) in [4.78, 5) is 42.6. The van der Waals surface area contributed by atoms with Gasteiger partial charge in [-0.2, -0.15) is 13.2 Å². The number of hydrogen-bond acceptors (Lipinski definition) is 7. The Bertz CT molecular complexity index is 1120. The number of hydrogen-bond donors (Lipinski definition) is 2. The van der Waals surface area contributed by atoms with E-state index < -0.39 is 12.1 Å². The van der Waals surface area contributed by atoms with Crippen molar-refractivity contribution in [1.82, 2.24) is 14.8 Å². The van der Waals surface area contributed by atoms with Crippen LogP contribution in [0.15, 0.2) is 35.7 Å². The molecule has 32 heavy (non-hydrogen) atoms. The number of alkyl halides is 3. The van der Waals surface area contributed by atoms with Gasteiger partial charge in [-0.3, -0.25) is 9.59 Å². The fraction of sp³-hybridized carbons (Fsp3) is 0.263. The molecular weight excluding hydrogens is 469 g/mol. The van der Waals surface area contributed by atoms with Gasteiger partial charge in [0.2, 0.25) is 0 Å². The Hall–Kier alpha value is -3.19. The molecule has 1 saturated heterocycles. The second-order valence-electron chi connectivity index (χ2n) is 6.60. The van der Waals surface area contributed by atoms with Gasteiger partial charge in [0.05, 0.1) is 15.1 Å². The average molecular weight is 486 g/mol. The number of thiazole rings is 1. The Kier molecular flexibility index (Phi) is 6.99. The van der Waals surface area contributed by atoms with E-state index in [9.17, 15) is 22.8 Å². The molecule has 2 aromatic heterocycles. The molecular formula is C19H17F3N4O4S2. The van der Waals surface area contributed by atoms with Crippen molar-refractivity contribution in [1.29, 1.82) is 0 Å². The highest BCUT2D eigenvalue weighted by Gasteiger charge is 2.38. The van der Waals surface area contributed by atoms with Gasteiger partial charge in [-0.15, -0.1) is 11.3 Å². The summed E-state index contributed by atoms with van der Waals surface area (Å²) in [6.07, 6.45) is -5.08. The van der Waals surface area contributed by atoms with Crippen LogP contribution in [0.1, 0.15) is 20.0 Å². The molecule has 0 atom stereocenters. The summed E-state index contributed by atoms with van der Waals surface area (Å²) in [6, 6.07) is 9.19. The van der Waals surface area contributed by atoms with Crippen molar-refractivity contribution in [3.05, 3.63) is 46.2 Å². The van der Waals surface area contributed by atoms with Gasteiger partial charge >= 0.3 is 12.1 Å². The standard InChI is InChI=1S/C17H16N4O2S2.C2HF3O2/c18-17-19-12-10-11(3-4-13(12)25-17)15(22)20-5-7-21(8-6-20)16(23)14-2-1-9-24-14;3-2(4,5)1(6)7/h1-4,9-10H,5-8H2,(H2,18,19);(H,6,7). The number of fused-ring (bicyclic) bond motifs is 1. The van der Waals surface area contributed by atoms with Gasteiger partial charge in [-0.25, -0.2) is 9.78 Å². The summed E-state index contributed by atoms with van der Waals surface area (Å²) in [5.41, 5.74) is 7.08. The zero-order chi connectivity index (χ0) is 23.5. The number of aliphatic carboxylic acids is 1. The van der Waals surface area contributed by atoms with E-state index in [0.717, 1.165) is 15.1 Å². The predicted molar refractivity (Wildman–Crippen MR) is 114 cm³/mol. The van der Waals surface area contributed by atoms with Crippen molar-refractivity contribution in [2.45, 2.75) is 6.18 Å². The number of benzene rings is 1. The Labute approximate surface area is 187 Å². The molecule has 2 amide bonds. The fourth-order valence-electron chi connectivity index (χ4n) is 2.93. The van der Waals surface area contributed by atoms with E-state index in [1.165, 1.54) is 22.7 Å². The largest absolute Gasteiger partial charge is 0.490 e. The highest BCUT2D eigenvalue weighted by Crippen LogP contribution is 2.25. The minimum Gasteiger partial charge on any atom is -0.475 e. The number of carbonyl (C=O) groups excluding carboxylic acids is 2. The Balaban J connectivity index is 0.000000360. The van der Waals surface area contributed by atoms with Crippen LogP contribution in [0.4, 0.5) is 18.3 Å². The first kappa shape index (κ1) is 23.5. The van der Waals surface area contributed by atoms with Crippen LogP contribution in [0.25, 0.3) is 10.2 Å². The third-order valence-electron chi connectivity index (χ3n) is 4.48. The van der Waals surface area contributed by atoms with E-state index in [1.54, 1.807) is 15.9 Å². The number of piperazine rings is 1. The highest BCUT2D eigenvalue weighted by molar-refractivity contribution is 7.22. The number of amides is 2. The highest BCUT2D eigenvalue weighted by atomic mass is 32.1. The van der Waals surface area contributed by atoms with E-state index in [-0.39, 0.29) is 11.8 Å². The maximum atomic E-state index is 12.7. The number of rotatable bonds is 2. The first-order valence-corrected chi connectivity index (χ1v) is 10.8. The van der Waals surface area contributed by atoms with Crippen molar-refractivity contribution in [2.24, 2.45) is 0 Å². The minimum absolute atomic E-state index is 0.0308. The molecule has 0 radical (unpaired) electrons. The van der Waals surface area contributed by atoms with Crippen molar-refractivity contribution in [3.63, 3.8) is 0 Å². The number of carbonyl (C=O) groups is 3. The number of carboxylic acids is 1. The Morgan fingerprint density at radius 3 is 2.16 bits per heavy atom. The van der Waals surface area contributed by atoms with Crippen LogP contribution in [0.3, 0.4) is 0 Å². The molecule has 4 rings (SSSR count). The van der Waals surface area contributed by atoms with Gasteiger partial charge in [0.25, 0.3) is 11.8 Å². The number of halogens is 3. The zero-order valence-corrected chi connectivity index (χ0v) is 18.0. The molecule has 1 aliphatic heterocycles. The predicted octanol–water partition coefficient (Wildman–Crippen LogP) is 3.17. The molecule has 13 heteroatoms. The van der Waals surface area contributed by atoms with Crippen LogP contribution in [-0.4, -0.2) is 70.0 Å². The zero-order valence-electron chi connectivity index (χ0n) is 16.3. The molecule has 0 unspecified atom stereocenters. The lowest BCUT2D eigenvalue weighted by Gasteiger charge is -2.34. The number of anilines is 1. The lowest BCUT2D eigenvalue weighted by atomic mass is 10.1. The number of nitrogens with zero attached hydrogens (tertiary/aromatic N) is 3. The van der Waals surface area contributed by atoms with Crippen LogP contribution >= 0.6 is 22.7 Å². The van der Waals surface area contributed by atoms with Crippen LogP contribution in [0.5, 0.6) is 0 Å². The molecule has 0 bridgehead atoms. The van der Waals surface area contributed by atoms with E-state index in [1.807, 2.05) is 29.6 Å². The quantitative estimate of drug-likeness (QED) is 0.575. The van der Waals surface area contributed by atoms with Gasteiger partial charge in [0.15, 0.2) is 5.13 Å². The van der Waals surface area contributed by atoms with Gasteiger partial charge in [-0.1, -0.05) is 17.4 Å². The minimum atomic E-state index is -5.08. The lowest BCUT2D eigenvalue weighted by molar-refractivity contribution is -0.192. The van der Waals surface area contributed by atoms with Crippen LogP contribution in [0, 0.1) is 0 Å². The maximum absolute atomic E-state index is 12.7. The Morgan fingerprint density at radius 2 is 1.62 bits per heavy atom. The number of nitrogen functional groups attached to an aromatic ring is 1.